The summed E-state index contributed by atoms with van der Waals surface area (Å²) < 4.78 is 6.77. The average molecular weight is 395 g/mol. The van der Waals surface area contributed by atoms with Crippen LogP contribution in [0.3, 0.4) is 0 Å². The Morgan fingerprint density at radius 1 is 1.21 bits per heavy atom. The van der Waals surface area contributed by atoms with Crippen molar-refractivity contribution in [2.45, 2.75) is 19.5 Å². The molecule has 0 saturated heterocycles. The average Bonchev–Trinajstić information content (AvgIpc) is 3.21. The molecule has 0 aliphatic carbocycles. The van der Waals surface area contributed by atoms with Gasteiger partial charge in [0.15, 0.2) is 0 Å². The molecule has 0 unspecified atom stereocenters. The minimum absolute atomic E-state index is 0.0762. The number of methoxy groups -OCH3 is 1. The Morgan fingerprint density at radius 3 is 2.86 bits per heavy atom. The number of amides is 1. The van der Waals surface area contributed by atoms with Crippen LogP contribution in [0, 0.1) is 0 Å². The van der Waals surface area contributed by atoms with E-state index in [4.69, 9.17) is 9.84 Å². The fraction of sp³-hybridized carbons (Fsp3) is 0.250. The van der Waals surface area contributed by atoms with E-state index in [-0.39, 0.29) is 18.0 Å². The Morgan fingerprint density at radius 2 is 2.07 bits per heavy atom. The zero-order valence-corrected chi connectivity index (χ0v) is 15.9. The predicted molar refractivity (Wildman–Crippen MR) is 104 cm³/mol. The van der Waals surface area contributed by atoms with Gasteiger partial charge < -0.3 is 15.2 Å². The summed E-state index contributed by atoms with van der Waals surface area (Å²) in [5.41, 5.74) is 2.61. The fourth-order valence-electron chi connectivity index (χ4n) is 2.72. The number of pyridine rings is 1. The van der Waals surface area contributed by atoms with Crippen molar-refractivity contribution in [3.05, 3.63) is 65.6 Å². The van der Waals surface area contributed by atoms with Gasteiger partial charge in [0.25, 0.3) is 5.91 Å². The first-order valence-electron chi connectivity index (χ1n) is 9.02. The van der Waals surface area contributed by atoms with E-state index in [1.54, 1.807) is 30.0 Å². The molecule has 0 aliphatic rings. The number of aryl methyl sites for hydroxylation is 1. The molecule has 0 saturated carbocycles. The minimum Gasteiger partial charge on any atom is -0.478 e. The van der Waals surface area contributed by atoms with Gasteiger partial charge in [0.05, 0.1) is 11.8 Å². The maximum absolute atomic E-state index is 12.5. The summed E-state index contributed by atoms with van der Waals surface area (Å²) in [7, 11) is 1.66. The van der Waals surface area contributed by atoms with Crippen LogP contribution in [0.2, 0.25) is 0 Å². The first-order valence-corrected chi connectivity index (χ1v) is 9.02. The highest BCUT2D eigenvalue weighted by Gasteiger charge is 2.10. The Balaban J connectivity index is 1.65. The molecular formula is C20H21N5O4. The lowest BCUT2D eigenvalue weighted by atomic mass is 10.1. The van der Waals surface area contributed by atoms with Crippen molar-refractivity contribution in [2.24, 2.45) is 0 Å². The predicted octanol–water partition coefficient (Wildman–Crippen LogP) is 2.00. The number of carbonyl (C=O) groups is 2. The number of hydrogen-bond donors (Lipinski definition) is 2. The van der Waals surface area contributed by atoms with E-state index in [0.29, 0.717) is 30.0 Å². The summed E-state index contributed by atoms with van der Waals surface area (Å²) in [4.78, 5) is 27.4. The largest absolute Gasteiger partial charge is 0.478 e. The summed E-state index contributed by atoms with van der Waals surface area (Å²) in [6.07, 6.45) is 5.44. The Labute approximate surface area is 167 Å². The van der Waals surface area contributed by atoms with E-state index in [1.807, 2.05) is 12.3 Å². The topological polar surface area (TPSA) is 119 Å². The van der Waals surface area contributed by atoms with E-state index in [9.17, 15) is 9.59 Å². The number of nitrogens with one attached hydrogen (secondary N) is 1. The fourth-order valence-corrected chi connectivity index (χ4v) is 2.72. The lowest BCUT2D eigenvalue weighted by molar-refractivity contribution is 0.0696. The molecule has 29 heavy (non-hydrogen) atoms. The Bertz CT molecular complexity index is 1000. The molecule has 0 fully saturated rings. The summed E-state index contributed by atoms with van der Waals surface area (Å²) in [6, 6.07) is 8.56. The maximum atomic E-state index is 12.5. The molecule has 1 aromatic carbocycles. The van der Waals surface area contributed by atoms with Gasteiger partial charge in [-0.25, -0.2) is 4.79 Å². The van der Waals surface area contributed by atoms with Crippen molar-refractivity contribution in [3.63, 3.8) is 0 Å². The second-order valence-electron chi connectivity index (χ2n) is 6.36. The molecule has 2 N–H and O–H groups in total. The highest BCUT2D eigenvalue weighted by atomic mass is 16.5. The molecule has 2 aromatic heterocycles. The number of ether oxygens (including phenoxy) is 1. The van der Waals surface area contributed by atoms with E-state index < -0.39 is 5.97 Å². The number of nitrogens with zero attached hydrogens (tertiary/aromatic N) is 4. The van der Waals surface area contributed by atoms with E-state index in [0.717, 1.165) is 12.0 Å². The van der Waals surface area contributed by atoms with Crippen LogP contribution in [0.4, 0.5) is 0 Å². The third kappa shape index (κ3) is 5.45. The maximum Gasteiger partial charge on any atom is 0.337 e. The van der Waals surface area contributed by atoms with Crippen molar-refractivity contribution in [1.82, 2.24) is 25.3 Å². The molecule has 150 valence electrons. The molecule has 0 aliphatic heterocycles. The molecular weight excluding hydrogens is 374 g/mol. The van der Waals surface area contributed by atoms with Gasteiger partial charge in [-0.05, 0) is 30.2 Å². The number of aromatic carboxylic acids is 1. The quantitative estimate of drug-likeness (QED) is 0.532. The van der Waals surface area contributed by atoms with Crippen LogP contribution < -0.4 is 5.32 Å². The first kappa shape index (κ1) is 20.2. The van der Waals surface area contributed by atoms with E-state index >= 15 is 0 Å². The molecule has 3 rings (SSSR count). The van der Waals surface area contributed by atoms with Crippen molar-refractivity contribution in [2.75, 3.05) is 13.7 Å². The van der Waals surface area contributed by atoms with Gasteiger partial charge in [-0.15, -0.1) is 5.10 Å². The Hall–Kier alpha value is -3.59. The number of rotatable bonds is 9. The number of benzene rings is 1. The number of aromatic nitrogens is 4. The highest BCUT2D eigenvalue weighted by molar-refractivity contribution is 5.95. The number of carboxylic acid groups (broad SMARTS) is 1. The monoisotopic (exact) mass is 395 g/mol. The van der Waals surface area contributed by atoms with Gasteiger partial charge in [-0.2, -0.15) is 0 Å². The second kappa shape index (κ2) is 9.56. The van der Waals surface area contributed by atoms with Crippen LogP contribution in [0.15, 0.2) is 48.9 Å². The number of carboxylic acids is 1. The van der Waals surface area contributed by atoms with Gasteiger partial charge in [0.1, 0.15) is 5.69 Å². The van der Waals surface area contributed by atoms with Crippen LogP contribution in [-0.2, 0) is 17.8 Å². The molecule has 9 nitrogen and oxygen atoms in total. The highest BCUT2D eigenvalue weighted by Crippen LogP contribution is 2.18. The lowest BCUT2D eigenvalue weighted by Gasteiger charge is -2.07. The molecule has 0 atom stereocenters. The van der Waals surface area contributed by atoms with E-state index in [1.165, 1.54) is 18.5 Å². The van der Waals surface area contributed by atoms with Crippen LogP contribution in [0.1, 0.15) is 32.7 Å². The van der Waals surface area contributed by atoms with Crippen LogP contribution in [-0.4, -0.2) is 50.7 Å². The van der Waals surface area contributed by atoms with Gasteiger partial charge in [0, 0.05) is 50.3 Å². The smallest absolute Gasteiger partial charge is 0.337 e. The summed E-state index contributed by atoms with van der Waals surface area (Å²) in [6.45, 7) is 1.52. The van der Waals surface area contributed by atoms with Crippen molar-refractivity contribution >= 4 is 11.9 Å². The SMILES string of the molecule is COCCCn1cc(-c2cccc(C(=O)NCc3cncc(C(=O)O)c3)c2)nn1. The van der Waals surface area contributed by atoms with Gasteiger partial charge in [-0.1, -0.05) is 17.3 Å². The molecule has 0 radical (unpaired) electrons. The van der Waals surface area contributed by atoms with Crippen molar-refractivity contribution in [3.8, 4) is 11.3 Å². The molecule has 0 spiro atoms. The van der Waals surface area contributed by atoms with Crippen LogP contribution in [0.25, 0.3) is 11.3 Å². The third-order valence-corrected chi connectivity index (χ3v) is 4.19. The number of carbonyl (C=O) groups excluding carboxylic acids is 1. The first-order chi connectivity index (χ1) is 14.1. The summed E-state index contributed by atoms with van der Waals surface area (Å²) in [5, 5.41) is 20.0. The Kier molecular flexibility index (Phi) is 6.64. The lowest BCUT2D eigenvalue weighted by Crippen LogP contribution is -2.23. The molecule has 1 amide bonds. The zero-order valence-electron chi connectivity index (χ0n) is 15.9. The zero-order chi connectivity index (χ0) is 20.6. The summed E-state index contributed by atoms with van der Waals surface area (Å²) in [5.74, 6) is -1.34. The normalized spacial score (nSPS) is 10.7. The molecule has 3 aromatic rings. The molecule has 0 bridgehead atoms. The van der Waals surface area contributed by atoms with Gasteiger partial charge >= 0.3 is 5.97 Å². The second-order valence-corrected chi connectivity index (χ2v) is 6.36. The molecule has 2 heterocycles. The van der Waals surface area contributed by atoms with Crippen LogP contribution in [0.5, 0.6) is 0 Å². The number of hydrogen-bond acceptors (Lipinski definition) is 6. The summed E-state index contributed by atoms with van der Waals surface area (Å²) >= 11 is 0. The van der Waals surface area contributed by atoms with E-state index in [2.05, 4.69) is 20.6 Å². The third-order valence-electron chi connectivity index (χ3n) is 4.19. The van der Waals surface area contributed by atoms with Gasteiger partial charge in [-0.3, -0.25) is 14.5 Å². The van der Waals surface area contributed by atoms with Crippen molar-refractivity contribution in [1.29, 1.82) is 0 Å². The minimum atomic E-state index is -1.06. The van der Waals surface area contributed by atoms with Crippen LogP contribution >= 0.6 is 0 Å². The van der Waals surface area contributed by atoms with Crippen molar-refractivity contribution < 1.29 is 19.4 Å². The molecule has 9 heteroatoms. The standard InChI is InChI=1S/C20H21N5O4/c1-29-7-3-6-25-13-18(23-24-25)15-4-2-5-16(9-15)19(26)22-11-14-8-17(20(27)28)12-21-10-14/h2,4-5,8-10,12-13H,3,6-7,11H2,1H3,(H,22,26)(H,27,28). The van der Waals surface area contributed by atoms with Gasteiger partial charge in [0.2, 0.25) is 0 Å².